The molecule has 1 aliphatic heterocycles. The first-order valence-electron chi connectivity index (χ1n) is 9.19. The maximum absolute atomic E-state index is 14.5. The largest absolute Gasteiger partial charge is 0.479 e. The van der Waals surface area contributed by atoms with Gasteiger partial charge in [0.05, 0.1) is 12.0 Å². The highest BCUT2D eigenvalue weighted by molar-refractivity contribution is 5.86. The van der Waals surface area contributed by atoms with E-state index in [1.54, 1.807) is 0 Å². The summed E-state index contributed by atoms with van der Waals surface area (Å²) < 4.78 is 14.5. The number of carboxylic acid groups (broad SMARTS) is 1. The van der Waals surface area contributed by atoms with Crippen molar-refractivity contribution >= 4 is 11.9 Å². The number of carboxylic acids is 1. The summed E-state index contributed by atoms with van der Waals surface area (Å²) in [6.07, 6.45) is 4.73. The van der Waals surface area contributed by atoms with Crippen LogP contribution in [0.2, 0.25) is 0 Å². The minimum absolute atomic E-state index is 0.0238. The van der Waals surface area contributed by atoms with Crippen LogP contribution in [0.25, 0.3) is 0 Å². The van der Waals surface area contributed by atoms with Gasteiger partial charge >= 0.3 is 5.97 Å². The highest BCUT2D eigenvalue weighted by atomic mass is 19.1. The fourth-order valence-electron chi connectivity index (χ4n) is 5.39. The van der Waals surface area contributed by atoms with Crippen molar-refractivity contribution in [1.82, 2.24) is 4.90 Å². The van der Waals surface area contributed by atoms with Crippen LogP contribution in [-0.4, -0.2) is 40.6 Å². The maximum Gasteiger partial charge on any atom is 0.343 e. The molecular weight excluding hydrogens is 321 g/mol. The molecule has 134 valence electrons. The lowest BCUT2D eigenvalue weighted by atomic mass is 9.68. The Balaban J connectivity index is 1.61. The average molecular weight is 345 g/mol. The Labute approximate surface area is 147 Å². The summed E-state index contributed by atoms with van der Waals surface area (Å²) in [5.74, 6) is -0.559. The van der Waals surface area contributed by atoms with Crippen molar-refractivity contribution in [3.05, 3.63) is 35.9 Å². The zero-order valence-corrected chi connectivity index (χ0v) is 14.3. The number of fused-ring (bicyclic) bond motifs is 2. The zero-order valence-electron chi connectivity index (χ0n) is 14.3. The predicted molar refractivity (Wildman–Crippen MR) is 90.7 cm³/mol. The molecule has 4 atom stereocenters. The van der Waals surface area contributed by atoms with Gasteiger partial charge in [0.15, 0.2) is 0 Å². The topological polar surface area (TPSA) is 57.6 Å². The Hall–Kier alpha value is -1.91. The third-order valence-corrected chi connectivity index (χ3v) is 6.65. The number of nitrogens with zero attached hydrogens (tertiary/aromatic N) is 1. The SMILES string of the molecule is O=C(O)C1(F)CCN(C(=O)C2(Cc3ccccc3)CC3CCC2C3)C1. The number of hydrogen-bond acceptors (Lipinski definition) is 2. The van der Waals surface area contributed by atoms with E-state index in [1.807, 2.05) is 30.3 Å². The summed E-state index contributed by atoms with van der Waals surface area (Å²) >= 11 is 0. The van der Waals surface area contributed by atoms with Crippen molar-refractivity contribution in [3.8, 4) is 0 Å². The van der Waals surface area contributed by atoms with E-state index in [9.17, 15) is 14.0 Å². The van der Waals surface area contributed by atoms with E-state index in [0.717, 1.165) is 24.8 Å². The van der Waals surface area contributed by atoms with Crippen molar-refractivity contribution in [3.63, 3.8) is 0 Å². The van der Waals surface area contributed by atoms with Gasteiger partial charge in [-0.05, 0) is 43.1 Å². The first-order chi connectivity index (χ1) is 11.9. The van der Waals surface area contributed by atoms with E-state index in [4.69, 9.17) is 5.11 Å². The third-order valence-electron chi connectivity index (χ3n) is 6.65. The number of likely N-dealkylation sites (tertiary alicyclic amines) is 1. The average Bonchev–Trinajstić information content (AvgIpc) is 3.30. The molecule has 0 radical (unpaired) electrons. The molecule has 0 aromatic heterocycles. The second kappa shape index (κ2) is 5.82. The van der Waals surface area contributed by atoms with Crippen LogP contribution < -0.4 is 0 Å². The van der Waals surface area contributed by atoms with E-state index in [0.29, 0.717) is 18.3 Å². The molecule has 2 saturated carbocycles. The summed E-state index contributed by atoms with van der Waals surface area (Å²) in [6.45, 7) is -0.106. The van der Waals surface area contributed by atoms with E-state index < -0.39 is 17.1 Å². The first-order valence-corrected chi connectivity index (χ1v) is 9.19. The van der Waals surface area contributed by atoms with E-state index in [2.05, 4.69) is 0 Å². The number of aliphatic carboxylic acids is 1. The smallest absolute Gasteiger partial charge is 0.343 e. The molecule has 3 fully saturated rings. The van der Waals surface area contributed by atoms with Crippen molar-refractivity contribution < 1.29 is 19.1 Å². The van der Waals surface area contributed by atoms with Crippen LogP contribution in [0.15, 0.2) is 30.3 Å². The molecule has 1 aromatic rings. The monoisotopic (exact) mass is 345 g/mol. The van der Waals surface area contributed by atoms with Crippen LogP contribution in [0.4, 0.5) is 4.39 Å². The first kappa shape index (κ1) is 16.6. The lowest BCUT2D eigenvalue weighted by molar-refractivity contribution is -0.151. The third kappa shape index (κ3) is 2.64. The fraction of sp³-hybridized carbons (Fsp3) is 0.600. The number of alkyl halides is 1. The molecule has 5 heteroatoms. The molecule has 1 aromatic carbocycles. The molecule has 2 bridgehead atoms. The van der Waals surface area contributed by atoms with E-state index in [1.165, 1.54) is 11.3 Å². The Morgan fingerprint density at radius 3 is 2.56 bits per heavy atom. The van der Waals surface area contributed by atoms with Gasteiger partial charge < -0.3 is 10.0 Å². The van der Waals surface area contributed by atoms with Crippen LogP contribution in [0.3, 0.4) is 0 Å². The number of amides is 1. The molecule has 0 spiro atoms. The molecule has 1 amide bonds. The summed E-state index contributed by atoms with van der Waals surface area (Å²) in [7, 11) is 0. The van der Waals surface area contributed by atoms with Gasteiger partial charge in [0.25, 0.3) is 0 Å². The molecule has 3 aliphatic rings. The predicted octanol–water partition coefficient (Wildman–Crippen LogP) is 3.06. The summed E-state index contributed by atoms with van der Waals surface area (Å²) in [5.41, 5.74) is -1.64. The normalized spacial score (nSPS) is 36.8. The van der Waals surface area contributed by atoms with Crippen molar-refractivity contribution in [2.75, 3.05) is 13.1 Å². The van der Waals surface area contributed by atoms with Crippen molar-refractivity contribution in [2.45, 2.75) is 44.2 Å². The summed E-state index contributed by atoms with van der Waals surface area (Å²) in [5, 5.41) is 9.13. The number of carbonyl (C=O) groups excluding carboxylic acids is 1. The van der Waals surface area contributed by atoms with Crippen LogP contribution >= 0.6 is 0 Å². The molecule has 4 nitrogen and oxygen atoms in total. The molecule has 1 saturated heterocycles. The van der Waals surface area contributed by atoms with Gasteiger partial charge in [-0.15, -0.1) is 0 Å². The van der Waals surface area contributed by atoms with Crippen LogP contribution in [0.5, 0.6) is 0 Å². The molecule has 4 rings (SSSR count). The van der Waals surface area contributed by atoms with Gasteiger partial charge in [0.1, 0.15) is 0 Å². The molecule has 25 heavy (non-hydrogen) atoms. The van der Waals surface area contributed by atoms with Crippen molar-refractivity contribution in [2.24, 2.45) is 17.3 Å². The number of rotatable bonds is 4. The van der Waals surface area contributed by atoms with E-state index in [-0.39, 0.29) is 25.4 Å². The van der Waals surface area contributed by atoms with Crippen molar-refractivity contribution in [1.29, 1.82) is 0 Å². The molecule has 4 unspecified atom stereocenters. The lowest BCUT2D eigenvalue weighted by Gasteiger charge is -2.39. The highest BCUT2D eigenvalue weighted by Gasteiger charge is 2.58. The number of halogens is 1. The summed E-state index contributed by atoms with van der Waals surface area (Å²) in [6, 6.07) is 10.0. The van der Waals surface area contributed by atoms with Gasteiger partial charge in [0, 0.05) is 13.0 Å². The number of hydrogen-bond donors (Lipinski definition) is 1. The van der Waals surface area contributed by atoms with Gasteiger partial charge in [0.2, 0.25) is 11.6 Å². The minimum atomic E-state index is -2.29. The van der Waals surface area contributed by atoms with Gasteiger partial charge in [-0.1, -0.05) is 36.8 Å². The Bertz CT molecular complexity index is 693. The van der Waals surface area contributed by atoms with Gasteiger partial charge in [-0.2, -0.15) is 0 Å². The van der Waals surface area contributed by atoms with Crippen LogP contribution in [-0.2, 0) is 16.0 Å². The standard InChI is InChI=1S/C20H24FNO3/c21-20(18(24)25)8-9-22(13-20)17(23)19(11-14-4-2-1-3-5-14)12-15-6-7-16(19)10-15/h1-5,15-16H,6-13H2,(H,24,25). The lowest BCUT2D eigenvalue weighted by Crippen LogP contribution is -2.49. The Morgan fingerprint density at radius 1 is 1.24 bits per heavy atom. The van der Waals surface area contributed by atoms with E-state index >= 15 is 0 Å². The molecular formula is C20H24FNO3. The zero-order chi connectivity index (χ0) is 17.7. The molecule has 2 aliphatic carbocycles. The fourth-order valence-corrected chi connectivity index (χ4v) is 5.39. The number of carbonyl (C=O) groups is 2. The highest BCUT2D eigenvalue weighted by Crippen LogP contribution is 2.58. The number of benzene rings is 1. The maximum atomic E-state index is 14.5. The van der Waals surface area contributed by atoms with Gasteiger partial charge in [-0.3, -0.25) is 4.79 Å². The molecule has 1 N–H and O–H groups in total. The summed E-state index contributed by atoms with van der Waals surface area (Å²) in [4.78, 5) is 26.1. The second-order valence-corrected chi connectivity index (χ2v) is 8.15. The van der Waals surface area contributed by atoms with Gasteiger partial charge in [-0.25, -0.2) is 9.18 Å². The van der Waals surface area contributed by atoms with Crippen LogP contribution in [0.1, 0.15) is 37.7 Å². The Morgan fingerprint density at radius 2 is 2.00 bits per heavy atom. The van der Waals surface area contributed by atoms with Crippen LogP contribution in [0, 0.1) is 17.3 Å². The minimum Gasteiger partial charge on any atom is -0.479 e. The second-order valence-electron chi connectivity index (χ2n) is 8.15. The Kier molecular flexibility index (Phi) is 3.85. The molecule has 1 heterocycles. The quantitative estimate of drug-likeness (QED) is 0.912.